The molecule has 20 heavy (non-hydrogen) atoms. The Hall–Kier alpha value is -1.94. The predicted octanol–water partition coefficient (Wildman–Crippen LogP) is 3.86. The van der Waals surface area contributed by atoms with Gasteiger partial charge in [0.15, 0.2) is 0 Å². The van der Waals surface area contributed by atoms with Crippen LogP contribution in [0.5, 0.6) is 5.75 Å². The molecule has 0 aromatic heterocycles. The molecule has 0 aliphatic rings. The smallest absolute Gasteiger partial charge is 0.335 e. The van der Waals surface area contributed by atoms with Crippen molar-refractivity contribution >= 4 is 17.7 Å². The number of aromatic carboxylic acids is 1. The number of hydrogen-bond acceptors (Lipinski definition) is 3. The van der Waals surface area contributed by atoms with Crippen molar-refractivity contribution in [1.29, 1.82) is 0 Å². The molecule has 0 heterocycles. The van der Waals surface area contributed by atoms with Crippen LogP contribution in [0.15, 0.2) is 53.4 Å². The summed E-state index contributed by atoms with van der Waals surface area (Å²) in [5, 5.41) is 8.81. The minimum atomic E-state index is -0.899. The molecule has 0 unspecified atom stereocenters. The number of carboxylic acids is 1. The van der Waals surface area contributed by atoms with E-state index < -0.39 is 5.97 Å². The van der Waals surface area contributed by atoms with Crippen LogP contribution >= 0.6 is 11.8 Å². The fourth-order valence-corrected chi connectivity index (χ4v) is 2.38. The summed E-state index contributed by atoms with van der Waals surface area (Å²) in [6.45, 7) is 2.66. The zero-order valence-corrected chi connectivity index (χ0v) is 12.0. The van der Waals surface area contributed by atoms with Crippen LogP contribution in [0.2, 0.25) is 0 Å². The molecular formula is C16H16O3S. The number of rotatable bonds is 6. The van der Waals surface area contributed by atoms with E-state index in [2.05, 4.69) is 0 Å². The van der Waals surface area contributed by atoms with Gasteiger partial charge in [0.1, 0.15) is 5.75 Å². The first kappa shape index (κ1) is 14.5. The molecule has 0 saturated carbocycles. The lowest BCUT2D eigenvalue weighted by Gasteiger charge is -2.06. The van der Waals surface area contributed by atoms with Crippen LogP contribution in [-0.2, 0) is 0 Å². The Balaban J connectivity index is 1.75. The van der Waals surface area contributed by atoms with Crippen LogP contribution in [0.4, 0.5) is 0 Å². The molecule has 104 valence electrons. The second kappa shape index (κ2) is 7.01. The lowest BCUT2D eigenvalue weighted by atomic mass is 10.2. The van der Waals surface area contributed by atoms with Gasteiger partial charge in [0.05, 0.1) is 12.2 Å². The van der Waals surface area contributed by atoms with Crippen molar-refractivity contribution in [1.82, 2.24) is 0 Å². The topological polar surface area (TPSA) is 46.5 Å². The number of hydrogen-bond donors (Lipinski definition) is 1. The molecule has 0 saturated heterocycles. The van der Waals surface area contributed by atoms with Gasteiger partial charge in [-0.25, -0.2) is 4.79 Å². The van der Waals surface area contributed by atoms with Crippen molar-refractivity contribution < 1.29 is 14.6 Å². The minimum Gasteiger partial charge on any atom is -0.493 e. The summed E-state index contributed by atoms with van der Waals surface area (Å²) < 4.78 is 5.63. The van der Waals surface area contributed by atoms with E-state index in [0.29, 0.717) is 12.2 Å². The van der Waals surface area contributed by atoms with Gasteiger partial charge < -0.3 is 9.84 Å². The molecule has 1 N–H and O–H groups in total. The van der Waals surface area contributed by atoms with Gasteiger partial charge >= 0.3 is 5.97 Å². The summed E-state index contributed by atoms with van der Waals surface area (Å²) in [4.78, 5) is 11.8. The van der Waals surface area contributed by atoms with E-state index in [1.807, 2.05) is 43.3 Å². The lowest BCUT2D eigenvalue weighted by Crippen LogP contribution is -2.00. The summed E-state index contributed by atoms with van der Waals surface area (Å²) in [6.07, 6.45) is 0. The number of thioether (sulfide) groups is 1. The molecule has 0 radical (unpaired) electrons. The van der Waals surface area contributed by atoms with Gasteiger partial charge in [0, 0.05) is 10.6 Å². The van der Waals surface area contributed by atoms with Crippen molar-refractivity contribution in [3.8, 4) is 5.75 Å². The summed E-state index contributed by atoms with van der Waals surface area (Å²) in [5.74, 6) is 0.794. The van der Waals surface area contributed by atoms with Crippen molar-refractivity contribution in [3.63, 3.8) is 0 Å². The molecule has 0 spiro atoms. The molecule has 3 nitrogen and oxygen atoms in total. The van der Waals surface area contributed by atoms with E-state index in [0.717, 1.165) is 16.4 Å². The average molecular weight is 288 g/mol. The maximum Gasteiger partial charge on any atom is 0.335 e. The summed E-state index contributed by atoms with van der Waals surface area (Å²) >= 11 is 1.65. The maximum absolute atomic E-state index is 10.7. The predicted molar refractivity (Wildman–Crippen MR) is 80.8 cm³/mol. The van der Waals surface area contributed by atoms with Gasteiger partial charge in [-0.05, 0) is 43.3 Å². The van der Waals surface area contributed by atoms with E-state index in [-0.39, 0.29) is 0 Å². The summed E-state index contributed by atoms with van der Waals surface area (Å²) in [7, 11) is 0. The molecular weight excluding hydrogens is 272 g/mol. The Morgan fingerprint density at radius 2 is 1.75 bits per heavy atom. The van der Waals surface area contributed by atoms with Crippen molar-refractivity contribution in [2.45, 2.75) is 11.8 Å². The SMILES string of the molecule is Cc1ccc(OCCSc2ccc(C(=O)O)cc2)cc1. The van der Waals surface area contributed by atoms with Crippen molar-refractivity contribution in [3.05, 3.63) is 59.7 Å². The van der Waals surface area contributed by atoms with Crippen LogP contribution in [0.3, 0.4) is 0 Å². The number of ether oxygens (including phenoxy) is 1. The fraction of sp³-hybridized carbons (Fsp3) is 0.188. The fourth-order valence-electron chi connectivity index (χ4n) is 1.65. The number of aryl methyl sites for hydroxylation is 1. The van der Waals surface area contributed by atoms with Gasteiger partial charge in [-0.1, -0.05) is 17.7 Å². The first-order chi connectivity index (χ1) is 9.65. The van der Waals surface area contributed by atoms with Gasteiger partial charge in [0.2, 0.25) is 0 Å². The molecule has 0 atom stereocenters. The van der Waals surface area contributed by atoms with Gasteiger partial charge in [-0.15, -0.1) is 11.8 Å². The monoisotopic (exact) mass is 288 g/mol. The quantitative estimate of drug-likeness (QED) is 0.647. The minimum absolute atomic E-state index is 0.310. The third-order valence-electron chi connectivity index (χ3n) is 2.74. The van der Waals surface area contributed by atoms with Crippen molar-refractivity contribution in [2.75, 3.05) is 12.4 Å². The Morgan fingerprint density at radius 3 is 2.35 bits per heavy atom. The van der Waals surface area contributed by atoms with Crippen LogP contribution in [0.1, 0.15) is 15.9 Å². The average Bonchev–Trinajstić information content (AvgIpc) is 2.46. The second-order valence-electron chi connectivity index (χ2n) is 4.34. The summed E-state index contributed by atoms with van der Waals surface area (Å²) in [6, 6.07) is 14.8. The third-order valence-corrected chi connectivity index (χ3v) is 3.72. The number of carbonyl (C=O) groups is 1. The number of carboxylic acid groups (broad SMARTS) is 1. The molecule has 2 rings (SSSR count). The molecule has 2 aromatic rings. The van der Waals surface area contributed by atoms with E-state index in [9.17, 15) is 4.79 Å². The Morgan fingerprint density at radius 1 is 1.10 bits per heavy atom. The first-order valence-corrected chi connectivity index (χ1v) is 7.29. The molecule has 0 aliphatic carbocycles. The van der Waals surface area contributed by atoms with Gasteiger partial charge in [-0.2, -0.15) is 0 Å². The molecule has 2 aromatic carbocycles. The molecule has 0 bridgehead atoms. The molecule has 0 fully saturated rings. The van der Waals surface area contributed by atoms with Crippen molar-refractivity contribution in [2.24, 2.45) is 0 Å². The second-order valence-corrected chi connectivity index (χ2v) is 5.51. The maximum atomic E-state index is 10.7. The molecule has 4 heteroatoms. The van der Waals surface area contributed by atoms with E-state index in [4.69, 9.17) is 9.84 Å². The van der Waals surface area contributed by atoms with Gasteiger partial charge in [0.25, 0.3) is 0 Å². The zero-order valence-electron chi connectivity index (χ0n) is 11.2. The van der Waals surface area contributed by atoms with E-state index in [1.165, 1.54) is 5.56 Å². The Bertz CT molecular complexity index is 561. The first-order valence-electron chi connectivity index (χ1n) is 6.31. The van der Waals surface area contributed by atoms with Crippen LogP contribution in [0.25, 0.3) is 0 Å². The van der Waals surface area contributed by atoms with Crippen LogP contribution in [0, 0.1) is 6.92 Å². The lowest BCUT2D eigenvalue weighted by molar-refractivity contribution is 0.0697. The summed E-state index contributed by atoms with van der Waals surface area (Å²) in [5.41, 5.74) is 1.52. The third kappa shape index (κ3) is 4.31. The highest BCUT2D eigenvalue weighted by molar-refractivity contribution is 7.99. The molecule has 0 aliphatic heterocycles. The van der Waals surface area contributed by atoms with Crippen LogP contribution < -0.4 is 4.74 Å². The van der Waals surface area contributed by atoms with E-state index in [1.54, 1.807) is 23.9 Å². The van der Waals surface area contributed by atoms with Gasteiger partial charge in [-0.3, -0.25) is 0 Å². The standard InChI is InChI=1S/C16H16O3S/c1-12-2-6-14(7-3-12)19-10-11-20-15-8-4-13(5-9-15)16(17)18/h2-9H,10-11H2,1H3,(H,17,18). The Kier molecular flexibility index (Phi) is 5.07. The highest BCUT2D eigenvalue weighted by Gasteiger charge is 2.02. The van der Waals surface area contributed by atoms with Crippen LogP contribution in [-0.4, -0.2) is 23.4 Å². The highest BCUT2D eigenvalue weighted by atomic mass is 32.2. The zero-order chi connectivity index (χ0) is 14.4. The molecule has 0 amide bonds. The largest absolute Gasteiger partial charge is 0.493 e. The normalized spacial score (nSPS) is 10.2. The number of benzene rings is 2. The Labute approximate surface area is 122 Å². The highest BCUT2D eigenvalue weighted by Crippen LogP contribution is 2.19. The van der Waals surface area contributed by atoms with E-state index >= 15 is 0 Å².